The highest BCUT2D eigenvalue weighted by Gasteiger charge is 2.22. The van der Waals surface area contributed by atoms with Gasteiger partial charge in [0.1, 0.15) is 0 Å². The fourth-order valence-corrected chi connectivity index (χ4v) is 1.60. The highest BCUT2D eigenvalue weighted by molar-refractivity contribution is 5.95. The molecule has 1 N–H and O–H groups in total. The number of hydrogen-bond donors (Lipinski definition) is 1. The van der Waals surface area contributed by atoms with Gasteiger partial charge >= 0.3 is 0 Å². The topological polar surface area (TPSA) is 56.8 Å². The van der Waals surface area contributed by atoms with Crippen molar-refractivity contribution < 1.29 is 19.0 Å². The van der Waals surface area contributed by atoms with Gasteiger partial charge in [0.15, 0.2) is 18.3 Å². The Bertz CT molecular complexity index is 477. The van der Waals surface area contributed by atoms with Gasteiger partial charge in [-0.15, -0.1) is 0 Å². The Morgan fingerprint density at radius 1 is 1.25 bits per heavy atom. The van der Waals surface area contributed by atoms with Crippen molar-refractivity contribution in [2.45, 2.75) is 27.7 Å². The van der Waals surface area contributed by atoms with Gasteiger partial charge in [-0.05, 0) is 19.1 Å². The minimum atomic E-state index is -0.453. The van der Waals surface area contributed by atoms with Gasteiger partial charge in [0.25, 0.3) is 0 Å². The van der Waals surface area contributed by atoms with Crippen molar-refractivity contribution in [2.75, 3.05) is 26.3 Å². The molecule has 1 amide bonds. The van der Waals surface area contributed by atoms with Gasteiger partial charge in [0, 0.05) is 23.8 Å². The maximum absolute atomic E-state index is 12.0. The number of hydrogen-bond acceptors (Lipinski definition) is 4. The first-order valence-corrected chi connectivity index (χ1v) is 6.42. The summed E-state index contributed by atoms with van der Waals surface area (Å²) >= 11 is 0. The molecule has 5 heteroatoms. The minimum absolute atomic E-state index is 0.0480. The minimum Gasteiger partial charge on any atom is -0.493 e. The molecule has 112 valence electrons. The summed E-state index contributed by atoms with van der Waals surface area (Å²) in [7, 11) is 3.12. The van der Waals surface area contributed by atoms with Crippen LogP contribution in [0.5, 0.6) is 11.5 Å². The summed E-state index contributed by atoms with van der Waals surface area (Å²) in [6.07, 6.45) is 0. The molecule has 0 unspecified atom stereocenters. The summed E-state index contributed by atoms with van der Waals surface area (Å²) in [6.45, 7) is 7.61. The van der Waals surface area contributed by atoms with Crippen molar-refractivity contribution in [3.8, 4) is 11.5 Å². The number of carbonyl (C=O) groups is 1. The largest absolute Gasteiger partial charge is 0.493 e. The molecule has 0 fully saturated rings. The van der Waals surface area contributed by atoms with E-state index in [0.29, 0.717) is 17.2 Å². The number of nitrogens with one attached hydrogen (secondary N) is 1. The maximum atomic E-state index is 12.0. The van der Waals surface area contributed by atoms with Crippen molar-refractivity contribution in [3.63, 3.8) is 0 Å². The Morgan fingerprint density at radius 3 is 2.40 bits per heavy atom. The summed E-state index contributed by atoms with van der Waals surface area (Å²) < 4.78 is 15.7. The van der Waals surface area contributed by atoms with Crippen LogP contribution in [-0.2, 0) is 9.53 Å². The molecule has 1 aromatic rings. The van der Waals surface area contributed by atoms with Crippen LogP contribution in [0.25, 0.3) is 0 Å². The molecular formula is C15H23NO4. The molecule has 0 aliphatic carbocycles. The summed E-state index contributed by atoms with van der Waals surface area (Å²) in [5, 5.41) is 2.90. The van der Waals surface area contributed by atoms with E-state index in [1.54, 1.807) is 26.4 Å². The summed E-state index contributed by atoms with van der Waals surface area (Å²) in [6, 6.07) is 3.55. The predicted octanol–water partition coefficient (Wildman–Crippen LogP) is 2.97. The van der Waals surface area contributed by atoms with Gasteiger partial charge in [-0.25, -0.2) is 0 Å². The number of amides is 1. The van der Waals surface area contributed by atoms with Gasteiger partial charge in [-0.3, -0.25) is 4.79 Å². The number of ether oxygens (including phenoxy) is 3. The average molecular weight is 281 g/mol. The summed E-state index contributed by atoms with van der Waals surface area (Å²) in [5.41, 5.74) is 1.08. The lowest BCUT2D eigenvalue weighted by Gasteiger charge is -2.20. The molecule has 1 rings (SSSR count). The molecule has 0 saturated carbocycles. The third-order valence-electron chi connectivity index (χ3n) is 2.84. The smallest absolute Gasteiger partial charge is 0.229 e. The number of carbonyl (C=O) groups excluding carboxylic acids is 1. The van der Waals surface area contributed by atoms with Crippen LogP contribution in [-0.4, -0.2) is 26.9 Å². The van der Waals surface area contributed by atoms with Crippen molar-refractivity contribution in [2.24, 2.45) is 5.41 Å². The van der Waals surface area contributed by atoms with E-state index in [4.69, 9.17) is 14.2 Å². The van der Waals surface area contributed by atoms with Crippen LogP contribution in [0, 0.1) is 12.3 Å². The first kappa shape index (κ1) is 16.3. The molecule has 5 nitrogen and oxygen atoms in total. The van der Waals surface area contributed by atoms with Crippen LogP contribution in [0.4, 0.5) is 5.69 Å². The number of anilines is 1. The Kier molecular flexibility index (Phi) is 5.39. The van der Waals surface area contributed by atoms with Gasteiger partial charge in [-0.2, -0.15) is 0 Å². The number of methoxy groups -OCH3 is 2. The van der Waals surface area contributed by atoms with E-state index >= 15 is 0 Å². The normalized spacial score (nSPS) is 11.1. The summed E-state index contributed by atoms with van der Waals surface area (Å²) in [5.74, 6) is 1.13. The van der Waals surface area contributed by atoms with Crippen molar-refractivity contribution in [1.82, 2.24) is 0 Å². The van der Waals surface area contributed by atoms with E-state index in [1.165, 1.54) is 0 Å². The third-order valence-corrected chi connectivity index (χ3v) is 2.84. The van der Waals surface area contributed by atoms with E-state index in [1.807, 2.05) is 27.7 Å². The highest BCUT2D eigenvalue weighted by Crippen LogP contribution is 2.36. The molecule has 0 aromatic heterocycles. The van der Waals surface area contributed by atoms with Gasteiger partial charge in [0.2, 0.25) is 5.91 Å². The van der Waals surface area contributed by atoms with E-state index < -0.39 is 5.41 Å². The second-order valence-corrected chi connectivity index (χ2v) is 5.52. The molecule has 0 bridgehead atoms. The zero-order valence-corrected chi connectivity index (χ0v) is 13.0. The molecule has 0 radical (unpaired) electrons. The highest BCUT2D eigenvalue weighted by atomic mass is 16.7. The van der Waals surface area contributed by atoms with Crippen molar-refractivity contribution >= 4 is 11.6 Å². The molecule has 0 saturated heterocycles. The van der Waals surface area contributed by atoms with Gasteiger partial charge in [-0.1, -0.05) is 20.8 Å². The Labute approximate surface area is 120 Å². The van der Waals surface area contributed by atoms with Crippen LogP contribution in [0.1, 0.15) is 26.3 Å². The predicted molar refractivity (Wildman–Crippen MR) is 78.3 cm³/mol. The van der Waals surface area contributed by atoms with Crippen LogP contribution >= 0.6 is 0 Å². The number of rotatable bonds is 5. The standard InChI is InChI=1S/C15H23NO4/c1-10-11(16-14(17)15(2,3)4)7-8-12(13(10)19-6)20-9-18-5/h7-8H,9H2,1-6H3,(H,16,17). The fourth-order valence-electron chi connectivity index (χ4n) is 1.60. The molecule has 0 aliphatic rings. The van der Waals surface area contributed by atoms with E-state index in [-0.39, 0.29) is 12.7 Å². The van der Waals surface area contributed by atoms with Crippen LogP contribution in [0.15, 0.2) is 12.1 Å². The Balaban J connectivity index is 3.03. The van der Waals surface area contributed by atoms with E-state index in [2.05, 4.69) is 5.32 Å². The van der Waals surface area contributed by atoms with Crippen molar-refractivity contribution in [3.05, 3.63) is 17.7 Å². The monoisotopic (exact) mass is 281 g/mol. The van der Waals surface area contributed by atoms with E-state index in [0.717, 1.165) is 5.56 Å². The fraction of sp³-hybridized carbons (Fsp3) is 0.533. The summed E-state index contributed by atoms with van der Waals surface area (Å²) in [4.78, 5) is 12.0. The molecule has 0 spiro atoms. The van der Waals surface area contributed by atoms with Gasteiger partial charge in [0.05, 0.1) is 7.11 Å². The lowest BCUT2D eigenvalue weighted by Crippen LogP contribution is -2.28. The van der Waals surface area contributed by atoms with Gasteiger partial charge < -0.3 is 19.5 Å². The van der Waals surface area contributed by atoms with Crippen LogP contribution in [0.2, 0.25) is 0 Å². The SMILES string of the molecule is COCOc1ccc(NC(=O)C(C)(C)C)c(C)c1OC. The van der Waals surface area contributed by atoms with Crippen LogP contribution in [0.3, 0.4) is 0 Å². The Morgan fingerprint density at radius 2 is 1.90 bits per heavy atom. The molecule has 20 heavy (non-hydrogen) atoms. The van der Waals surface area contributed by atoms with Crippen molar-refractivity contribution in [1.29, 1.82) is 0 Å². The average Bonchev–Trinajstić information content (AvgIpc) is 2.37. The molecule has 0 atom stereocenters. The van der Waals surface area contributed by atoms with Crippen LogP contribution < -0.4 is 14.8 Å². The van der Waals surface area contributed by atoms with E-state index in [9.17, 15) is 4.79 Å². The lowest BCUT2D eigenvalue weighted by molar-refractivity contribution is -0.123. The lowest BCUT2D eigenvalue weighted by atomic mass is 9.95. The maximum Gasteiger partial charge on any atom is 0.229 e. The molecule has 1 aromatic carbocycles. The second kappa shape index (κ2) is 6.61. The first-order chi connectivity index (χ1) is 9.31. The third kappa shape index (κ3) is 3.87. The quantitative estimate of drug-likeness (QED) is 0.843. The molecule has 0 heterocycles. The first-order valence-electron chi connectivity index (χ1n) is 6.42. The second-order valence-electron chi connectivity index (χ2n) is 5.52. The Hall–Kier alpha value is -1.75. The number of benzene rings is 1. The molecule has 0 aliphatic heterocycles. The zero-order chi connectivity index (χ0) is 15.3. The zero-order valence-electron chi connectivity index (χ0n) is 13.0. The molecular weight excluding hydrogens is 258 g/mol.